The van der Waals surface area contributed by atoms with E-state index in [2.05, 4.69) is 24.1 Å². The van der Waals surface area contributed by atoms with Gasteiger partial charge in [-0.3, -0.25) is 0 Å². The molecule has 1 N–H and O–H groups in total. The molecule has 1 aliphatic rings. The Bertz CT molecular complexity index is 1120. The minimum absolute atomic E-state index is 0.115. The summed E-state index contributed by atoms with van der Waals surface area (Å²) in [7, 11) is 0. The topological polar surface area (TPSA) is 24.9 Å². The van der Waals surface area contributed by atoms with Gasteiger partial charge in [-0.1, -0.05) is 38.8 Å². The van der Waals surface area contributed by atoms with Gasteiger partial charge in [-0.2, -0.15) is 0 Å². The maximum atomic E-state index is 15.5. The maximum Gasteiger partial charge on any atom is 0.135 e. The van der Waals surface area contributed by atoms with E-state index in [1.165, 1.54) is 18.9 Å². The first-order chi connectivity index (χ1) is 15.8. The van der Waals surface area contributed by atoms with Gasteiger partial charge < -0.3 is 5.32 Å². The molecule has 0 aliphatic heterocycles. The molecule has 4 rings (SSSR count). The van der Waals surface area contributed by atoms with Crippen molar-refractivity contribution in [1.29, 1.82) is 0 Å². The minimum atomic E-state index is -0.531. The zero-order valence-electron chi connectivity index (χ0n) is 19.7. The molecule has 33 heavy (non-hydrogen) atoms. The number of hydrogen-bond donors (Lipinski definition) is 1. The molecule has 3 aromatic rings. The molecule has 1 aliphatic carbocycles. The van der Waals surface area contributed by atoms with Crippen molar-refractivity contribution in [2.75, 3.05) is 11.9 Å². The van der Waals surface area contributed by atoms with Crippen molar-refractivity contribution in [1.82, 2.24) is 4.98 Å². The monoisotopic (exact) mass is 452 g/mol. The van der Waals surface area contributed by atoms with Crippen molar-refractivity contribution in [3.63, 3.8) is 0 Å². The van der Waals surface area contributed by atoms with Crippen molar-refractivity contribution in [3.05, 3.63) is 70.7 Å². The van der Waals surface area contributed by atoms with Crippen LogP contribution in [0.3, 0.4) is 0 Å². The van der Waals surface area contributed by atoms with Gasteiger partial charge in [0, 0.05) is 29.4 Å². The number of hydrogen-bond acceptors (Lipinski definition) is 2. The summed E-state index contributed by atoms with van der Waals surface area (Å²) in [4.78, 5) is 4.35. The standard InChI is InChI=1S/C28H31F3N2/c1-16(2)14-32-24-12-11-22(15-33-24)26-18(4)27(30)25(17(3)28(26)31)21-10-9-20(23(29)13-21)8-7-19-5-6-19/h9-13,15-16,19H,5-8,14H2,1-4H3,(H,32,33). The van der Waals surface area contributed by atoms with E-state index in [0.29, 0.717) is 40.8 Å². The summed E-state index contributed by atoms with van der Waals surface area (Å²) in [5, 5.41) is 3.22. The van der Waals surface area contributed by atoms with Crippen LogP contribution in [-0.2, 0) is 6.42 Å². The summed E-state index contributed by atoms with van der Waals surface area (Å²) in [5.74, 6) is 0.470. The summed E-state index contributed by atoms with van der Waals surface area (Å²) in [5.41, 5.74) is 2.17. The lowest BCUT2D eigenvalue weighted by Crippen LogP contribution is -2.09. The first-order valence-corrected chi connectivity index (χ1v) is 11.7. The Morgan fingerprint density at radius 3 is 2.12 bits per heavy atom. The van der Waals surface area contributed by atoms with Crippen LogP contribution >= 0.6 is 0 Å². The van der Waals surface area contributed by atoms with Gasteiger partial charge in [-0.15, -0.1) is 0 Å². The number of rotatable bonds is 8. The number of nitrogens with one attached hydrogen (secondary N) is 1. The van der Waals surface area contributed by atoms with E-state index in [0.717, 1.165) is 13.0 Å². The Kier molecular flexibility index (Phi) is 6.78. The maximum absolute atomic E-state index is 15.5. The second kappa shape index (κ2) is 9.58. The van der Waals surface area contributed by atoms with Crippen molar-refractivity contribution in [3.8, 4) is 22.3 Å². The molecule has 1 fully saturated rings. The van der Waals surface area contributed by atoms with Crippen molar-refractivity contribution in [2.24, 2.45) is 11.8 Å². The average Bonchev–Trinajstić information content (AvgIpc) is 3.61. The van der Waals surface area contributed by atoms with Crippen LogP contribution in [0.2, 0.25) is 0 Å². The zero-order chi connectivity index (χ0) is 23.7. The molecule has 0 bridgehead atoms. The minimum Gasteiger partial charge on any atom is -0.370 e. The highest BCUT2D eigenvalue weighted by atomic mass is 19.1. The Morgan fingerprint density at radius 2 is 1.58 bits per heavy atom. The molecule has 2 aromatic carbocycles. The van der Waals surface area contributed by atoms with Gasteiger partial charge in [-0.25, -0.2) is 18.2 Å². The first kappa shape index (κ1) is 23.3. The lowest BCUT2D eigenvalue weighted by Gasteiger charge is -2.17. The molecule has 0 spiro atoms. The largest absolute Gasteiger partial charge is 0.370 e. The van der Waals surface area contributed by atoms with Crippen molar-refractivity contribution < 1.29 is 13.2 Å². The first-order valence-electron chi connectivity index (χ1n) is 11.7. The molecule has 0 unspecified atom stereocenters. The van der Waals surface area contributed by atoms with Crippen LogP contribution in [0.15, 0.2) is 36.5 Å². The Labute approximate surface area is 194 Å². The Hall–Kier alpha value is -2.82. The number of halogens is 3. The van der Waals surface area contributed by atoms with Crippen LogP contribution in [0.1, 0.15) is 49.8 Å². The number of aromatic nitrogens is 1. The fourth-order valence-corrected chi connectivity index (χ4v) is 4.24. The second-order valence-corrected chi connectivity index (χ2v) is 9.62. The number of nitrogens with zero attached hydrogens (tertiary/aromatic N) is 1. The summed E-state index contributed by atoms with van der Waals surface area (Å²) in [6.45, 7) is 8.07. The molecule has 2 nitrogen and oxygen atoms in total. The normalized spacial score (nSPS) is 13.6. The molecule has 1 aromatic heterocycles. The third-order valence-corrected chi connectivity index (χ3v) is 6.45. The van der Waals surface area contributed by atoms with E-state index in [1.807, 2.05) is 0 Å². The number of pyridine rings is 1. The predicted octanol–water partition coefficient (Wildman–Crippen LogP) is 7.86. The third-order valence-electron chi connectivity index (χ3n) is 6.45. The number of aryl methyl sites for hydroxylation is 1. The third kappa shape index (κ3) is 5.07. The lowest BCUT2D eigenvalue weighted by atomic mass is 9.90. The van der Waals surface area contributed by atoms with Crippen molar-refractivity contribution >= 4 is 5.82 Å². The van der Waals surface area contributed by atoms with E-state index in [4.69, 9.17) is 0 Å². The Balaban J connectivity index is 1.66. The quantitative estimate of drug-likeness (QED) is 0.376. The molecule has 174 valence electrons. The van der Waals surface area contributed by atoms with Gasteiger partial charge in [0.15, 0.2) is 0 Å². The van der Waals surface area contributed by atoms with Gasteiger partial charge >= 0.3 is 0 Å². The van der Waals surface area contributed by atoms with Gasteiger partial charge in [0.25, 0.3) is 0 Å². The molecular weight excluding hydrogens is 421 g/mol. The molecule has 0 amide bonds. The second-order valence-electron chi connectivity index (χ2n) is 9.62. The van der Waals surface area contributed by atoms with Crippen molar-refractivity contribution in [2.45, 2.75) is 53.4 Å². The van der Waals surface area contributed by atoms with Crippen LogP contribution in [0.4, 0.5) is 19.0 Å². The molecule has 5 heteroatoms. The summed E-state index contributed by atoms with van der Waals surface area (Å²) < 4.78 is 45.8. The van der Waals surface area contributed by atoms with E-state index < -0.39 is 11.6 Å². The van der Waals surface area contributed by atoms with Gasteiger partial charge in [0.05, 0.1) is 0 Å². The van der Waals surface area contributed by atoms with Crippen LogP contribution in [-0.4, -0.2) is 11.5 Å². The summed E-state index contributed by atoms with van der Waals surface area (Å²) in [6, 6.07) is 8.26. The van der Waals surface area contributed by atoms with Crippen LogP contribution in [0.25, 0.3) is 22.3 Å². The highest BCUT2D eigenvalue weighted by Gasteiger charge is 2.24. The Morgan fingerprint density at radius 1 is 0.939 bits per heavy atom. The van der Waals surface area contributed by atoms with E-state index >= 15 is 8.78 Å². The van der Waals surface area contributed by atoms with E-state index in [-0.39, 0.29) is 28.1 Å². The number of anilines is 1. The average molecular weight is 453 g/mol. The van der Waals surface area contributed by atoms with Crippen LogP contribution < -0.4 is 5.32 Å². The van der Waals surface area contributed by atoms with Crippen LogP contribution in [0.5, 0.6) is 0 Å². The van der Waals surface area contributed by atoms with Gasteiger partial charge in [-0.05, 0) is 79.0 Å². The molecule has 0 radical (unpaired) electrons. The molecule has 1 saturated carbocycles. The van der Waals surface area contributed by atoms with E-state index in [1.54, 1.807) is 44.3 Å². The predicted molar refractivity (Wildman–Crippen MR) is 129 cm³/mol. The number of benzene rings is 2. The van der Waals surface area contributed by atoms with Crippen LogP contribution in [0, 0.1) is 43.1 Å². The fraction of sp³-hybridized carbons (Fsp3) is 0.393. The lowest BCUT2D eigenvalue weighted by molar-refractivity contribution is 0.589. The van der Waals surface area contributed by atoms with Gasteiger partial charge in [0.1, 0.15) is 23.3 Å². The van der Waals surface area contributed by atoms with E-state index in [9.17, 15) is 4.39 Å². The molecule has 0 atom stereocenters. The molecule has 1 heterocycles. The highest BCUT2D eigenvalue weighted by molar-refractivity contribution is 5.78. The smallest absolute Gasteiger partial charge is 0.135 e. The SMILES string of the molecule is Cc1c(F)c(-c2ccc(CCC3CC3)c(F)c2)c(C)c(F)c1-c1ccc(NCC(C)C)nc1. The zero-order valence-corrected chi connectivity index (χ0v) is 19.7. The molecular formula is C28H31F3N2. The van der Waals surface area contributed by atoms with Gasteiger partial charge in [0.2, 0.25) is 0 Å². The summed E-state index contributed by atoms with van der Waals surface area (Å²) >= 11 is 0. The fourth-order valence-electron chi connectivity index (χ4n) is 4.24. The highest BCUT2D eigenvalue weighted by Crippen LogP contribution is 2.39. The summed E-state index contributed by atoms with van der Waals surface area (Å²) in [6.07, 6.45) is 5.66. The molecule has 0 saturated heterocycles.